The number of carbonyl (C=O) groups excluding carboxylic acids is 2. The van der Waals surface area contributed by atoms with Crippen LogP contribution in [0.15, 0.2) is 17.5 Å². The molecule has 0 unspecified atom stereocenters. The van der Waals surface area contributed by atoms with E-state index in [2.05, 4.69) is 35.3 Å². The Bertz CT molecular complexity index is 544. The van der Waals surface area contributed by atoms with Crippen molar-refractivity contribution in [1.82, 2.24) is 21.5 Å². The second kappa shape index (κ2) is 10.2. The lowest BCUT2D eigenvalue weighted by atomic mass is 10.0. The minimum absolute atomic E-state index is 0.0572. The first-order chi connectivity index (χ1) is 11.3. The number of nitrogens with one attached hydrogen (secondary N) is 4. The normalized spacial score (nSPS) is 11.9. The predicted octanol–water partition coefficient (Wildman–Crippen LogP) is 2.04. The number of thiophene rings is 1. The van der Waals surface area contributed by atoms with Crippen molar-refractivity contribution in [2.75, 3.05) is 6.54 Å². The molecule has 1 atom stereocenters. The molecular weight excluding hydrogens is 344 g/mol. The Labute approximate surface area is 152 Å². The van der Waals surface area contributed by atoms with E-state index in [1.54, 1.807) is 12.1 Å². The third kappa shape index (κ3) is 7.27. The molecule has 1 rings (SSSR count). The van der Waals surface area contributed by atoms with Crippen LogP contribution in [0, 0.1) is 11.8 Å². The molecule has 2 amide bonds. The topological polar surface area (TPSA) is 82.3 Å². The lowest BCUT2D eigenvalue weighted by molar-refractivity contribution is -0.124. The van der Waals surface area contributed by atoms with Crippen LogP contribution in [-0.4, -0.2) is 29.5 Å². The van der Waals surface area contributed by atoms with Gasteiger partial charge in [0.1, 0.15) is 6.04 Å². The number of hydrogen-bond acceptors (Lipinski definition) is 4. The maximum atomic E-state index is 12.3. The van der Waals surface area contributed by atoms with Crippen molar-refractivity contribution in [3.05, 3.63) is 22.4 Å². The van der Waals surface area contributed by atoms with Gasteiger partial charge in [0.05, 0.1) is 4.88 Å². The van der Waals surface area contributed by atoms with E-state index in [-0.39, 0.29) is 17.7 Å². The van der Waals surface area contributed by atoms with E-state index in [4.69, 9.17) is 12.2 Å². The van der Waals surface area contributed by atoms with E-state index in [1.807, 2.05) is 19.2 Å². The van der Waals surface area contributed by atoms with E-state index >= 15 is 0 Å². The highest BCUT2D eigenvalue weighted by atomic mass is 32.1. The van der Waals surface area contributed by atoms with Gasteiger partial charge in [-0.25, -0.2) is 0 Å². The highest BCUT2D eigenvalue weighted by Gasteiger charge is 2.25. The van der Waals surface area contributed by atoms with Gasteiger partial charge in [0.15, 0.2) is 5.11 Å². The zero-order valence-corrected chi connectivity index (χ0v) is 16.1. The van der Waals surface area contributed by atoms with Crippen molar-refractivity contribution in [1.29, 1.82) is 0 Å². The van der Waals surface area contributed by atoms with Gasteiger partial charge in [0.2, 0.25) is 0 Å². The quantitative estimate of drug-likeness (QED) is 0.436. The number of rotatable bonds is 7. The summed E-state index contributed by atoms with van der Waals surface area (Å²) in [6, 6.07) is 2.87. The number of thiocarbonyl (C=S) groups is 1. The van der Waals surface area contributed by atoms with Crippen LogP contribution in [0.5, 0.6) is 0 Å². The summed E-state index contributed by atoms with van der Waals surface area (Å²) in [6.45, 7) is 8.74. The molecule has 6 nitrogen and oxygen atoms in total. The van der Waals surface area contributed by atoms with Gasteiger partial charge in [-0.05, 0) is 41.9 Å². The highest BCUT2D eigenvalue weighted by molar-refractivity contribution is 7.80. The molecule has 8 heteroatoms. The van der Waals surface area contributed by atoms with Crippen LogP contribution in [0.2, 0.25) is 0 Å². The minimum Gasteiger partial charge on any atom is -0.361 e. The second-order valence-corrected chi connectivity index (χ2v) is 7.58. The predicted molar refractivity (Wildman–Crippen MR) is 102 cm³/mol. The number of carbonyl (C=O) groups is 2. The van der Waals surface area contributed by atoms with Crippen LogP contribution >= 0.6 is 23.6 Å². The summed E-state index contributed by atoms with van der Waals surface area (Å²) in [5.41, 5.74) is 5.22. The molecule has 0 aliphatic carbocycles. The van der Waals surface area contributed by atoms with Gasteiger partial charge >= 0.3 is 0 Å². The third-order valence-electron chi connectivity index (χ3n) is 3.29. The molecule has 4 N–H and O–H groups in total. The molecule has 0 saturated heterocycles. The molecule has 0 bridgehead atoms. The maximum Gasteiger partial charge on any atom is 0.262 e. The number of hydrazine groups is 1. The van der Waals surface area contributed by atoms with Crippen LogP contribution in [0.3, 0.4) is 0 Å². The summed E-state index contributed by atoms with van der Waals surface area (Å²) in [6.07, 6.45) is 0.987. The number of hydrogen-bond donors (Lipinski definition) is 4. The standard InChI is InChI=1S/C16H26N4O2S2/c1-10(2)7-8-17-16(23)20-19-15(22)13(11(3)4)18-14(21)12-6-5-9-24-12/h5-6,9-11,13H,7-8H2,1-4H3,(H,18,21)(H,19,22)(H2,17,20,23)/t13-/m1/s1. The fraction of sp³-hybridized carbons (Fsp3) is 0.562. The van der Waals surface area contributed by atoms with Crippen LogP contribution in [0.25, 0.3) is 0 Å². The summed E-state index contributed by atoms with van der Waals surface area (Å²) in [7, 11) is 0. The first-order valence-electron chi connectivity index (χ1n) is 7.99. The average molecular weight is 371 g/mol. The SMILES string of the molecule is CC(C)CCNC(=S)NNC(=O)[C@H](NC(=O)c1cccs1)C(C)C. The van der Waals surface area contributed by atoms with Gasteiger partial charge in [0, 0.05) is 6.54 Å². The molecule has 1 aromatic rings. The Morgan fingerprint density at radius 1 is 1.21 bits per heavy atom. The molecule has 134 valence electrons. The van der Waals surface area contributed by atoms with Gasteiger partial charge in [0.25, 0.3) is 11.8 Å². The lowest BCUT2D eigenvalue weighted by Crippen LogP contribution is -2.55. The van der Waals surface area contributed by atoms with Crippen molar-refractivity contribution >= 4 is 40.5 Å². The molecule has 24 heavy (non-hydrogen) atoms. The first-order valence-corrected chi connectivity index (χ1v) is 9.28. The van der Waals surface area contributed by atoms with Crippen LogP contribution < -0.4 is 21.5 Å². The summed E-state index contributed by atoms with van der Waals surface area (Å²) in [5.74, 6) is -0.0646. The van der Waals surface area contributed by atoms with Crippen molar-refractivity contribution in [3.8, 4) is 0 Å². The van der Waals surface area contributed by atoms with Crippen LogP contribution in [-0.2, 0) is 4.79 Å². The molecule has 0 spiro atoms. The molecule has 1 aromatic heterocycles. The van der Waals surface area contributed by atoms with Gasteiger partial charge < -0.3 is 10.6 Å². The average Bonchev–Trinajstić information content (AvgIpc) is 3.03. The zero-order chi connectivity index (χ0) is 18.1. The van der Waals surface area contributed by atoms with E-state index in [0.29, 0.717) is 15.9 Å². The largest absolute Gasteiger partial charge is 0.361 e. The van der Waals surface area contributed by atoms with Gasteiger partial charge in [-0.3, -0.25) is 20.4 Å². The molecule has 0 radical (unpaired) electrons. The van der Waals surface area contributed by atoms with Crippen molar-refractivity contribution in [2.24, 2.45) is 11.8 Å². The molecule has 0 fully saturated rings. The highest BCUT2D eigenvalue weighted by Crippen LogP contribution is 2.10. The van der Waals surface area contributed by atoms with Gasteiger partial charge in [-0.1, -0.05) is 33.8 Å². The minimum atomic E-state index is -0.648. The van der Waals surface area contributed by atoms with E-state index in [0.717, 1.165) is 13.0 Å². The third-order valence-corrected chi connectivity index (χ3v) is 4.40. The molecule has 1 heterocycles. The molecule has 0 aliphatic heterocycles. The Balaban J connectivity index is 2.46. The fourth-order valence-corrected chi connectivity index (χ4v) is 2.65. The summed E-state index contributed by atoms with van der Waals surface area (Å²) in [5, 5.41) is 7.96. The first kappa shape index (κ1) is 20.4. The van der Waals surface area contributed by atoms with Crippen molar-refractivity contribution < 1.29 is 9.59 Å². The maximum absolute atomic E-state index is 12.3. The number of amides is 2. The Kier molecular flexibility index (Phi) is 8.70. The van der Waals surface area contributed by atoms with Crippen molar-refractivity contribution in [2.45, 2.75) is 40.2 Å². The second-order valence-electron chi connectivity index (χ2n) is 6.23. The smallest absolute Gasteiger partial charge is 0.262 e. The van der Waals surface area contributed by atoms with Gasteiger partial charge in [-0.15, -0.1) is 11.3 Å². The van der Waals surface area contributed by atoms with E-state index < -0.39 is 6.04 Å². The lowest BCUT2D eigenvalue weighted by Gasteiger charge is -2.22. The van der Waals surface area contributed by atoms with Crippen LogP contribution in [0.4, 0.5) is 0 Å². The van der Waals surface area contributed by atoms with Crippen molar-refractivity contribution in [3.63, 3.8) is 0 Å². The Morgan fingerprint density at radius 2 is 1.92 bits per heavy atom. The Hall–Kier alpha value is -1.67. The summed E-state index contributed by atoms with van der Waals surface area (Å²) < 4.78 is 0. The van der Waals surface area contributed by atoms with Crippen LogP contribution in [0.1, 0.15) is 43.8 Å². The monoisotopic (exact) mass is 370 g/mol. The van der Waals surface area contributed by atoms with E-state index in [9.17, 15) is 9.59 Å². The summed E-state index contributed by atoms with van der Waals surface area (Å²) >= 11 is 6.44. The fourth-order valence-electron chi connectivity index (χ4n) is 1.87. The molecule has 0 aliphatic rings. The van der Waals surface area contributed by atoms with Gasteiger partial charge in [-0.2, -0.15) is 0 Å². The summed E-state index contributed by atoms with van der Waals surface area (Å²) in [4.78, 5) is 25.0. The van der Waals surface area contributed by atoms with E-state index in [1.165, 1.54) is 11.3 Å². The molecule has 0 saturated carbocycles. The molecular formula is C16H26N4O2S2. The Morgan fingerprint density at radius 3 is 2.46 bits per heavy atom. The molecule has 0 aromatic carbocycles. The zero-order valence-electron chi connectivity index (χ0n) is 14.5.